The molecule has 0 saturated heterocycles. The number of hydrogen-bond donors (Lipinski definition) is 3. The molecule has 2 aromatic rings. The van der Waals surface area contributed by atoms with Gasteiger partial charge in [-0.05, 0) is 38.2 Å². The maximum atomic E-state index is 12.4. The minimum atomic E-state index is -0.387. The maximum absolute atomic E-state index is 12.4. The number of fused-ring (bicyclic) bond motifs is 1. The first-order chi connectivity index (χ1) is 10.7. The highest BCUT2D eigenvalue weighted by Crippen LogP contribution is 2.38. The molecule has 0 spiro atoms. The van der Waals surface area contributed by atoms with Gasteiger partial charge in [-0.3, -0.25) is 14.7 Å². The Kier molecular flexibility index (Phi) is 4.19. The van der Waals surface area contributed by atoms with Gasteiger partial charge in [-0.1, -0.05) is 0 Å². The molecule has 22 heavy (non-hydrogen) atoms. The topological polar surface area (TPSA) is 99.8 Å². The maximum Gasteiger partial charge on any atom is 0.293 e. The molecule has 8 heteroatoms. The number of thiophene rings is 1. The van der Waals surface area contributed by atoms with Crippen molar-refractivity contribution in [1.29, 1.82) is 0 Å². The predicted molar refractivity (Wildman–Crippen MR) is 83.3 cm³/mol. The summed E-state index contributed by atoms with van der Waals surface area (Å²) in [6.07, 6.45) is 5.32. The average molecular weight is 319 g/mol. The first-order valence-corrected chi connectivity index (χ1v) is 8.11. The third-order valence-electron chi connectivity index (χ3n) is 3.59. The van der Waals surface area contributed by atoms with Crippen molar-refractivity contribution in [3.05, 3.63) is 28.2 Å². The van der Waals surface area contributed by atoms with Gasteiger partial charge >= 0.3 is 0 Å². The fourth-order valence-electron chi connectivity index (χ4n) is 2.62. The van der Waals surface area contributed by atoms with E-state index in [4.69, 9.17) is 0 Å². The Bertz CT molecular complexity index is 692. The van der Waals surface area contributed by atoms with Crippen LogP contribution in [-0.4, -0.2) is 33.5 Å². The Morgan fingerprint density at radius 3 is 2.86 bits per heavy atom. The number of aryl methyl sites for hydroxylation is 1. The van der Waals surface area contributed by atoms with Crippen LogP contribution >= 0.6 is 11.3 Å². The zero-order valence-corrected chi connectivity index (χ0v) is 13.0. The Balaban J connectivity index is 1.94. The molecule has 116 valence electrons. The molecule has 0 aliphatic heterocycles. The minimum absolute atomic E-state index is 0.130. The van der Waals surface area contributed by atoms with Crippen LogP contribution in [0.3, 0.4) is 0 Å². The van der Waals surface area contributed by atoms with Gasteiger partial charge in [-0.2, -0.15) is 5.10 Å². The van der Waals surface area contributed by atoms with E-state index >= 15 is 0 Å². The quantitative estimate of drug-likeness (QED) is 0.799. The zero-order chi connectivity index (χ0) is 15.5. The van der Waals surface area contributed by atoms with Gasteiger partial charge in [-0.15, -0.1) is 11.3 Å². The van der Waals surface area contributed by atoms with Crippen molar-refractivity contribution in [3.8, 4) is 0 Å². The summed E-state index contributed by atoms with van der Waals surface area (Å²) in [5, 5.41) is 12.4. The summed E-state index contributed by atoms with van der Waals surface area (Å²) in [7, 11) is 0. The van der Waals surface area contributed by atoms with Crippen LogP contribution in [0.25, 0.3) is 0 Å². The molecule has 0 unspecified atom stereocenters. The second-order valence-electron chi connectivity index (χ2n) is 5.06. The number of nitrogens with zero attached hydrogens (tertiary/aromatic N) is 2. The number of H-pyrrole nitrogens is 1. The van der Waals surface area contributed by atoms with Crippen molar-refractivity contribution in [3.63, 3.8) is 0 Å². The monoisotopic (exact) mass is 319 g/mol. The Labute approximate surface area is 131 Å². The molecule has 0 atom stereocenters. The van der Waals surface area contributed by atoms with Crippen molar-refractivity contribution in [2.24, 2.45) is 0 Å². The van der Waals surface area contributed by atoms with E-state index in [-0.39, 0.29) is 17.6 Å². The number of carbonyl (C=O) groups is 2. The summed E-state index contributed by atoms with van der Waals surface area (Å²) in [5.74, 6) is -0.385. The summed E-state index contributed by atoms with van der Waals surface area (Å²) in [6.45, 7) is 2.43. The highest BCUT2D eigenvalue weighted by atomic mass is 32.1. The lowest BCUT2D eigenvalue weighted by Gasteiger charge is -2.12. The van der Waals surface area contributed by atoms with Gasteiger partial charge < -0.3 is 10.6 Å². The number of aromatic amines is 1. The standard InChI is InChI=1S/C14H17N5O2S/c1-2-15-12(20)10-8-5-3-4-6-9(8)22-14(10)18-13(21)11-16-7-17-19-11/h7H,2-6H2,1H3,(H,15,20)(H,18,21)(H,16,17,19). The van der Waals surface area contributed by atoms with Gasteiger partial charge in [0.1, 0.15) is 11.3 Å². The van der Waals surface area contributed by atoms with Crippen LogP contribution in [-0.2, 0) is 12.8 Å². The summed E-state index contributed by atoms with van der Waals surface area (Å²) in [6, 6.07) is 0. The highest BCUT2D eigenvalue weighted by Gasteiger charge is 2.26. The van der Waals surface area contributed by atoms with Crippen LogP contribution in [0, 0.1) is 0 Å². The van der Waals surface area contributed by atoms with Crippen LogP contribution < -0.4 is 10.6 Å². The van der Waals surface area contributed by atoms with E-state index in [2.05, 4.69) is 25.8 Å². The molecule has 3 rings (SSSR count). The molecule has 1 aliphatic rings. The van der Waals surface area contributed by atoms with E-state index in [1.54, 1.807) is 0 Å². The fraction of sp³-hybridized carbons (Fsp3) is 0.429. The Morgan fingerprint density at radius 2 is 2.14 bits per heavy atom. The Morgan fingerprint density at radius 1 is 1.32 bits per heavy atom. The highest BCUT2D eigenvalue weighted by molar-refractivity contribution is 7.17. The molecule has 0 saturated carbocycles. The van der Waals surface area contributed by atoms with E-state index in [0.717, 1.165) is 31.2 Å². The molecule has 2 amide bonds. The molecule has 0 aromatic carbocycles. The molecule has 2 aromatic heterocycles. The van der Waals surface area contributed by atoms with E-state index in [1.165, 1.54) is 22.5 Å². The second-order valence-corrected chi connectivity index (χ2v) is 6.17. The molecule has 7 nitrogen and oxygen atoms in total. The first-order valence-electron chi connectivity index (χ1n) is 7.30. The summed E-state index contributed by atoms with van der Waals surface area (Å²) in [5.41, 5.74) is 1.68. The number of nitrogens with one attached hydrogen (secondary N) is 3. The predicted octanol–water partition coefficient (Wildman–Crippen LogP) is 1.75. The lowest BCUT2D eigenvalue weighted by Crippen LogP contribution is -2.25. The smallest absolute Gasteiger partial charge is 0.293 e. The fourth-order valence-corrected chi connectivity index (χ4v) is 3.90. The largest absolute Gasteiger partial charge is 0.352 e. The number of hydrogen-bond acceptors (Lipinski definition) is 5. The zero-order valence-electron chi connectivity index (χ0n) is 12.2. The van der Waals surface area contributed by atoms with Crippen molar-refractivity contribution < 1.29 is 9.59 Å². The summed E-state index contributed by atoms with van der Waals surface area (Å²) in [4.78, 5) is 29.6. The average Bonchev–Trinajstić information content (AvgIpc) is 3.14. The number of anilines is 1. The van der Waals surface area contributed by atoms with Crippen molar-refractivity contribution in [2.75, 3.05) is 11.9 Å². The lowest BCUT2D eigenvalue weighted by molar-refractivity contribution is 0.0956. The van der Waals surface area contributed by atoms with Gasteiger partial charge in [0.25, 0.3) is 11.8 Å². The molecule has 0 fully saturated rings. The molecule has 2 heterocycles. The van der Waals surface area contributed by atoms with Gasteiger partial charge in [0.2, 0.25) is 5.82 Å². The number of rotatable bonds is 4. The number of carbonyl (C=O) groups excluding carboxylic acids is 2. The number of amides is 2. The molecule has 0 radical (unpaired) electrons. The van der Waals surface area contributed by atoms with Crippen molar-refractivity contribution in [1.82, 2.24) is 20.5 Å². The van der Waals surface area contributed by atoms with Gasteiger partial charge in [0.15, 0.2) is 0 Å². The molecular formula is C14H17N5O2S. The second kappa shape index (κ2) is 6.27. The molecule has 1 aliphatic carbocycles. The Hall–Kier alpha value is -2.22. The minimum Gasteiger partial charge on any atom is -0.352 e. The first kappa shape index (κ1) is 14.7. The van der Waals surface area contributed by atoms with Crippen molar-refractivity contribution >= 4 is 28.2 Å². The molecular weight excluding hydrogens is 302 g/mol. The SMILES string of the molecule is CCNC(=O)c1c(NC(=O)c2ncn[nH]2)sc2c1CCCC2. The van der Waals surface area contributed by atoms with Gasteiger partial charge in [0.05, 0.1) is 5.56 Å². The molecule has 3 N–H and O–H groups in total. The van der Waals surface area contributed by atoms with Gasteiger partial charge in [-0.25, -0.2) is 4.98 Å². The third-order valence-corrected chi connectivity index (χ3v) is 4.80. The van der Waals surface area contributed by atoms with E-state index in [1.807, 2.05) is 6.92 Å². The summed E-state index contributed by atoms with van der Waals surface area (Å²) >= 11 is 1.49. The normalized spacial score (nSPS) is 13.5. The van der Waals surface area contributed by atoms with Gasteiger partial charge in [0, 0.05) is 11.4 Å². The third kappa shape index (κ3) is 2.74. The lowest BCUT2D eigenvalue weighted by atomic mass is 9.95. The van der Waals surface area contributed by atoms with Crippen molar-refractivity contribution in [2.45, 2.75) is 32.6 Å². The van der Waals surface area contributed by atoms with E-state index in [0.29, 0.717) is 17.1 Å². The van der Waals surface area contributed by atoms with Crippen LogP contribution in [0.2, 0.25) is 0 Å². The van der Waals surface area contributed by atoms with Crippen LogP contribution in [0.1, 0.15) is 51.2 Å². The van der Waals surface area contributed by atoms with Crippen LogP contribution in [0.15, 0.2) is 6.33 Å². The van der Waals surface area contributed by atoms with Crippen LogP contribution in [0.4, 0.5) is 5.00 Å². The number of aromatic nitrogens is 3. The van der Waals surface area contributed by atoms with Crippen LogP contribution in [0.5, 0.6) is 0 Å². The van der Waals surface area contributed by atoms with E-state index < -0.39 is 0 Å². The molecule has 0 bridgehead atoms. The summed E-state index contributed by atoms with van der Waals surface area (Å²) < 4.78 is 0. The van der Waals surface area contributed by atoms with E-state index in [9.17, 15) is 9.59 Å².